The monoisotopic (exact) mass is 463 g/mol. The number of nitrogens with one attached hydrogen (secondary N) is 1. The molecule has 1 aliphatic rings. The van der Waals surface area contributed by atoms with Crippen molar-refractivity contribution in [3.8, 4) is 11.4 Å². The number of pyridine rings is 1. The van der Waals surface area contributed by atoms with Crippen molar-refractivity contribution in [3.05, 3.63) is 52.8 Å². The van der Waals surface area contributed by atoms with Crippen molar-refractivity contribution in [2.75, 3.05) is 25.1 Å². The van der Waals surface area contributed by atoms with Crippen LogP contribution in [-0.4, -0.2) is 51.6 Å². The molecule has 0 bridgehead atoms. The van der Waals surface area contributed by atoms with E-state index in [0.29, 0.717) is 34.3 Å². The molecule has 4 rings (SSSR count). The summed E-state index contributed by atoms with van der Waals surface area (Å²) in [6.07, 6.45) is 0.498. The van der Waals surface area contributed by atoms with Gasteiger partial charge >= 0.3 is 6.18 Å². The molecule has 1 amide bonds. The van der Waals surface area contributed by atoms with Gasteiger partial charge in [0.1, 0.15) is 28.7 Å². The summed E-state index contributed by atoms with van der Waals surface area (Å²) < 4.78 is 42.8. The molecule has 166 valence electrons. The average Bonchev–Trinajstić information content (AvgIpc) is 3.51. The SMILES string of the molecule is O=C(Nc1cn(CCOCC(F)(F)F)nc1-c1ccccn1)c1csc(C2=CCN=N2)n1. The Balaban J connectivity index is 1.50. The summed E-state index contributed by atoms with van der Waals surface area (Å²) in [6.45, 7) is -0.996. The molecule has 4 heterocycles. The van der Waals surface area contributed by atoms with Crippen molar-refractivity contribution in [3.63, 3.8) is 0 Å². The molecule has 0 saturated carbocycles. The molecule has 0 aliphatic carbocycles. The highest BCUT2D eigenvalue weighted by atomic mass is 32.1. The second-order valence-corrected chi connectivity index (χ2v) is 7.40. The highest BCUT2D eigenvalue weighted by Gasteiger charge is 2.27. The maximum atomic E-state index is 12.8. The second kappa shape index (κ2) is 9.36. The van der Waals surface area contributed by atoms with Gasteiger partial charge in [-0.3, -0.25) is 14.5 Å². The Morgan fingerprint density at radius 2 is 2.19 bits per heavy atom. The molecule has 0 atom stereocenters. The highest BCUT2D eigenvalue weighted by molar-refractivity contribution is 7.11. The number of hydrogen-bond acceptors (Lipinski definition) is 8. The van der Waals surface area contributed by atoms with Crippen LogP contribution in [0.2, 0.25) is 0 Å². The lowest BCUT2D eigenvalue weighted by Crippen LogP contribution is -2.19. The van der Waals surface area contributed by atoms with Crippen LogP contribution in [-0.2, 0) is 11.3 Å². The molecular weight excluding hydrogens is 447 g/mol. The maximum Gasteiger partial charge on any atom is 0.411 e. The first-order valence-electron chi connectivity index (χ1n) is 9.37. The van der Waals surface area contributed by atoms with Crippen LogP contribution in [0.15, 0.2) is 52.3 Å². The van der Waals surface area contributed by atoms with E-state index in [4.69, 9.17) is 0 Å². The number of amides is 1. The van der Waals surface area contributed by atoms with Gasteiger partial charge in [-0.05, 0) is 18.2 Å². The zero-order valence-electron chi connectivity index (χ0n) is 16.4. The molecule has 0 fully saturated rings. The molecule has 0 aromatic carbocycles. The van der Waals surface area contributed by atoms with Gasteiger partial charge in [0.25, 0.3) is 5.91 Å². The van der Waals surface area contributed by atoms with Crippen molar-refractivity contribution in [2.45, 2.75) is 12.7 Å². The van der Waals surface area contributed by atoms with Crippen LogP contribution in [0.25, 0.3) is 17.1 Å². The zero-order valence-corrected chi connectivity index (χ0v) is 17.2. The molecule has 1 aliphatic heterocycles. The number of alkyl halides is 3. The topological polar surface area (TPSA) is 107 Å². The molecule has 32 heavy (non-hydrogen) atoms. The van der Waals surface area contributed by atoms with E-state index >= 15 is 0 Å². The Morgan fingerprint density at radius 1 is 1.31 bits per heavy atom. The molecule has 13 heteroatoms. The van der Waals surface area contributed by atoms with Gasteiger partial charge in [-0.15, -0.1) is 11.3 Å². The lowest BCUT2D eigenvalue weighted by Gasteiger charge is -2.07. The first-order valence-corrected chi connectivity index (χ1v) is 10.3. The molecule has 9 nitrogen and oxygen atoms in total. The predicted molar refractivity (Wildman–Crippen MR) is 110 cm³/mol. The maximum absolute atomic E-state index is 12.8. The summed E-state index contributed by atoms with van der Waals surface area (Å²) >= 11 is 1.27. The lowest BCUT2D eigenvalue weighted by molar-refractivity contribution is -0.174. The van der Waals surface area contributed by atoms with Gasteiger partial charge < -0.3 is 10.1 Å². The smallest absolute Gasteiger partial charge is 0.370 e. The van der Waals surface area contributed by atoms with Crippen LogP contribution in [0.1, 0.15) is 15.5 Å². The fourth-order valence-corrected chi connectivity index (χ4v) is 3.54. The van der Waals surface area contributed by atoms with E-state index < -0.39 is 18.7 Å². The summed E-state index contributed by atoms with van der Waals surface area (Å²) in [5, 5.41) is 17.1. The van der Waals surface area contributed by atoms with Gasteiger partial charge in [-0.2, -0.15) is 28.5 Å². The van der Waals surface area contributed by atoms with E-state index in [2.05, 4.69) is 35.3 Å². The van der Waals surface area contributed by atoms with Crippen LogP contribution in [0, 0.1) is 0 Å². The number of thiazole rings is 1. The van der Waals surface area contributed by atoms with Gasteiger partial charge in [0.15, 0.2) is 0 Å². The molecule has 3 aromatic rings. The number of azo groups is 1. The summed E-state index contributed by atoms with van der Waals surface area (Å²) in [7, 11) is 0. The third kappa shape index (κ3) is 5.42. The summed E-state index contributed by atoms with van der Waals surface area (Å²) in [5.74, 6) is -0.465. The Kier molecular flexibility index (Phi) is 6.37. The Morgan fingerprint density at radius 3 is 2.91 bits per heavy atom. The van der Waals surface area contributed by atoms with Crippen LogP contribution < -0.4 is 5.32 Å². The summed E-state index contributed by atoms with van der Waals surface area (Å²) in [6, 6.07) is 5.20. The van der Waals surface area contributed by atoms with E-state index in [0.717, 1.165) is 0 Å². The average molecular weight is 463 g/mol. The zero-order chi connectivity index (χ0) is 22.6. The minimum Gasteiger partial charge on any atom is -0.370 e. The number of halogens is 3. The first kappa shape index (κ1) is 21.8. The van der Waals surface area contributed by atoms with Crippen LogP contribution >= 0.6 is 11.3 Å². The Hall–Kier alpha value is -3.45. The number of carbonyl (C=O) groups is 1. The summed E-state index contributed by atoms with van der Waals surface area (Å²) in [4.78, 5) is 21.3. The van der Waals surface area contributed by atoms with Gasteiger partial charge in [0.05, 0.1) is 31.1 Å². The van der Waals surface area contributed by atoms with Crippen LogP contribution in [0.5, 0.6) is 0 Å². The van der Waals surface area contributed by atoms with Gasteiger partial charge in [-0.1, -0.05) is 6.07 Å². The normalized spacial score (nSPS) is 13.4. The van der Waals surface area contributed by atoms with Crippen molar-refractivity contribution < 1.29 is 22.7 Å². The second-order valence-electron chi connectivity index (χ2n) is 6.54. The molecule has 1 N–H and O–H groups in total. The quantitative estimate of drug-likeness (QED) is 0.508. The summed E-state index contributed by atoms with van der Waals surface area (Å²) in [5.41, 5.74) is 2.03. The van der Waals surface area contributed by atoms with E-state index in [1.165, 1.54) is 22.2 Å². The minimum atomic E-state index is -4.40. The standard InChI is InChI=1S/C19H16F3N7O2S/c20-19(21,22)11-31-8-7-29-9-14(16(28-29)12-3-1-2-5-23-12)25-17(30)15-10-32-18(26-15)13-4-6-24-27-13/h1-5,9-10H,6-8,11H2,(H,25,30). The molecule has 0 unspecified atom stereocenters. The Bertz CT molecular complexity index is 1160. The number of hydrogen-bond donors (Lipinski definition) is 1. The van der Waals surface area contributed by atoms with E-state index in [1.807, 2.05) is 6.08 Å². The van der Waals surface area contributed by atoms with Crippen LogP contribution in [0.4, 0.5) is 18.9 Å². The van der Waals surface area contributed by atoms with Gasteiger partial charge in [0.2, 0.25) is 0 Å². The number of anilines is 1. The van der Waals surface area contributed by atoms with Gasteiger partial charge in [0, 0.05) is 17.8 Å². The number of rotatable bonds is 8. The van der Waals surface area contributed by atoms with E-state index in [-0.39, 0.29) is 18.8 Å². The number of carbonyl (C=O) groups excluding carboxylic acids is 1. The van der Waals surface area contributed by atoms with Crippen molar-refractivity contribution in [1.82, 2.24) is 19.7 Å². The fourth-order valence-electron chi connectivity index (χ4n) is 2.76. The molecule has 3 aromatic heterocycles. The molecule has 0 radical (unpaired) electrons. The molecular formula is C19H16F3N7O2S. The largest absolute Gasteiger partial charge is 0.411 e. The first-order chi connectivity index (χ1) is 15.4. The molecule has 0 saturated heterocycles. The van der Waals surface area contributed by atoms with Crippen molar-refractivity contribution in [2.24, 2.45) is 10.2 Å². The molecule has 0 spiro atoms. The number of aromatic nitrogens is 4. The minimum absolute atomic E-state index is 0.0613. The van der Waals surface area contributed by atoms with Crippen molar-refractivity contribution >= 4 is 28.6 Å². The van der Waals surface area contributed by atoms with Crippen LogP contribution in [0.3, 0.4) is 0 Å². The number of ether oxygens (including phenoxy) is 1. The fraction of sp³-hybridized carbons (Fsp3) is 0.263. The third-order valence-electron chi connectivity index (χ3n) is 4.15. The lowest BCUT2D eigenvalue weighted by atomic mass is 10.2. The van der Waals surface area contributed by atoms with Crippen molar-refractivity contribution in [1.29, 1.82) is 0 Å². The third-order valence-corrected chi connectivity index (χ3v) is 5.01. The van der Waals surface area contributed by atoms with Gasteiger partial charge in [-0.25, -0.2) is 4.98 Å². The Labute approximate surface area is 183 Å². The van der Waals surface area contributed by atoms with E-state index in [1.54, 1.807) is 29.8 Å². The predicted octanol–water partition coefficient (Wildman–Crippen LogP) is 4.04. The van der Waals surface area contributed by atoms with E-state index in [9.17, 15) is 18.0 Å². The highest BCUT2D eigenvalue weighted by Crippen LogP contribution is 2.27. The number of nitrogens with zero attached hydrogens (tertiary/aromatic N) is 6.